The average Bonchev–Trinajstić information content (AvgIpc) is 2.76. The molecule has 0 atom stereocenters. The third kappa shape index (κ3) is 27.2. The van der Waals surface area contributed by atoms with Gasteiger partial charge in [0.25, 0.3) is 0 Å². The third-order valence-corrected chi connectivity index (χ3v) is 6.05. The minimum Gasteiger partial charge on any atom is -0.0845 e. The molecular weight excluding hydrogens is 360 g/mol. The van der Waals surface area contributed by atoms with Crippen molar-refractivity contribution in [3.63, 3.8) is 0 Å². The van der Waals surface area contributed by atoms with Crippen LogP contribution in [0.5, 0.6) is 0 Å². The molecule has 0 amide bonds. The molecule has 0 bridgehead atoms. The molecule has 176 valence electrons. The van der Waals surface area contributed by atoms with Crippen LogP contribution in [0.1, 0.15) is 155 Å². The van der Waals surface area contributed by atoms with Gasteiger partial charge in [-0.05, 0) is 19.3 Å². The zero-order valence-electron chi connectivity index (χ0n) is 21.0. The second-order valence-electron chi connectivity index (χ2n) is 9.18. The van der Waals surface area contributed by atoms with Gasteiger partial charge < -0.3 is 0 Å². The molecule has 0 aromatic heterocycles. The van der Waals surface area contributed by atoms with Crippen molar-refractivity contribution in [2.24, 2.45) is 0 Å². The van der Waals surface area contributed by atoms with Crippen LogP contribution < -0.4 is 0 Å². The first kappa shape index (κ1) is 29.2. The molecular formula is C30H56. The van der Waals surface area contributed by atoms with Crippen LogP contribution in [-0.2, 0) is 0 Å². The SMILES string of the molecule is CCCCC=CC=CC=CCCCCCCCCCCCCCCCCCCCC. The van der Waals surface area contributed by atoms with E-state index in [1.54, 1.807) is 0 Å². The van der Waals surface area contributed by atoms with Crippen molar-refractivity contribution in [3.05, 3.63) is 36.5 Å². The van der Waals surface area contributed by atoms with Gasteiger partial charge in [0.2, 0.25) is 0 Å². The molecule has 0 spiro atoms. The largest absolute Gasteiger partial charge is 0.0845 e. The maximum atomic E-state index is 2.32. The Hall–Kier alpha value is -0.780. The Labute approximate surface area is 191 Å². The summed E-state index contributed by atoms with van der Waals surface area (Å²) in [6.45, 7) is 4.54. The molecule has 0 fully saturated rings. The van der Waals surface area contributed by atoms with Crippen molar-refractivity contribution in [3.8, 4) is 0 Å². The molecule has 0 saturated carbocycles. The lowest BCUT2D eigenvalue weighted by Crippen LogP contribution is -1.84. The van der Waals surface area contributed by atoms with E-state index in [4.69, 9.17) is 0 Å². The Morgan fingerprint density at radius 3 is 0.967 bits per heavy atom. The highest BCUT2D eigenvalue weighted by molar-refractivity contribution is 5.10. The van der Waals surface area contributed by atoms with Gasteiger partial charge in [-0.2, -0.15) is 0 Å². The summed E-state index contributed by atoms with van der Waals surface area (Å²) in [5.41, 5.74) is 0. The van der Waals surface area contributed by atoms with E-state index in [1.165, 1.54) is 141 Å². The third-order valence-electron chi connectivity index (χ3n) is 6.05. The molecule has 0 heterocycles. The zero-order valence-corrected chi connectivity index (χ0v) is 21.0. The summed E-state index contributed by atoms with van der Waals surface area (Å²) in [6.07, 6.45) is 44.5. The number of rotatable bonds is 24. The Balaban J connectivity index is 3.13. The molecule has 0 rings (SSSR count). The van der Waals surface area contributed by atoms with E-state index in [9.17, 15) is 0 Å². The maximum absolute atomic E-state index is 2.32. The summed E-state index contributed by atoms with van der Waals surface area (Å²) < 4.78 is 0. The predicted octanol–water partition coefficient (Wildman–Crippen LogP) is 11.3. The van der Waals surface area contributed by atoms with Crippen LogP contribution in [0.15, 0.2) is 36.5 Å². The Morgan fingerprint density at radius 1 is 0.300 bits per heavy atom. The maximum Gasteiger partial charge on any atom is -0.0348 e. The number of hydrogen-bond acceptors (Lipinski definition) is 0. The smallest absolute Gasteiger partial charge is 0.0348 e. The van der Waals surface area contributed by atoms with E-state index in [0.29, 0.717) is 0 Å². The van der Waals surface area contributed by atoms with E-state index >= 15 is 0 Å². The van der Waals surface area contributed by atoms with E-state index in [1.807, 2.05) is 0 Å². The number of unbranched alkanes of at least 4 members (excludes halogenated alkanes) is 20. The second-order valence-corrected chi connectivity index (χ2v) is 9.18. The standard InChI is InChI=1S/C30H56/c1-3-5-7-9-11-13-15-17-19-21-23-25-27-29-30-28-26-24-22-20-18-16-14-12-10-8-6-4-2/h9,11,13,15,17,19H,3-8,10,12,14,16,18,20-30H2,1-2H3. The van der Waals surface area contributed by atoms with Gasteiger partial charge in [-0.1, -0.05) is 172 Å². The molecule has 0 aliphatic heterocycles. The van der Waals surface area contributed by atoms with E-state index in [2.05, 4.69) is 50.3 Å². The van der Waals surface area contributed by atoms with Crippen molar-refractivity contribution in [1.82, 2.24) is 0 Å². The molecule has 0 aliphatic carbocycles. The normalized spacial score (nSPS) is 12.2. The first-order valence-electron chi connectivity index (χ1n) is 13.9. The lowest BCUT2D eigenvalue weighted by atomic mass is 10.0. The first-order chi connectivity index (χ1) is 14.9. The van der Waals surface area contributed by atoms with Crippen LogP contribution in [0.3, 0.4) is 0 Å². The highest BCUT2D eigenvalue weighted by Crippen LogP contribution is 2.14. The molecule has 0 aromatic rings. The minimum atomic E-state index is 1.21. The fourth-order valence-electron chi connectivity index (χ4n) is 3.96. The molecule has 0 unspecified atom stereocenters. The van der Waals surface area contributed by atoms with Crippen LogP contribution in [0, 0.1) is 0 Å². The summed E-state index contributed by atoms with van der Waals surface area (Å²) >= 11 is 0. The zero-order chi connectivity index (χ0) is 21.8. The van der Waals surface area contributed by atoms with Gasteiger partial charge in [-0.25, -0.2) is 0 Å². The van der Waals surface area contributed by atoms with Gasteiger partial charge in [-0.3, -0.25) is 0 Å². The van der Waals surface area contributed by atoms with Crippen LogP contribution in [0.4, 0.5) is 0 Å². The molecule has 0 aromatic carbocycles. The van der Waals surface area contributed by atoms with Gasteiger partial charge in [0.05, 0.1) is 0 Å². The first-order valence-corrected chi connectivity index (χ1v) is 13.9. The van der Waals surface area contributed by atoms with Gasteiger partial charge in [0, 0.05) is 0 Å². The summed E-state index contributed by atoms with van der Waals surface area (Å²) in [5, 5.41) is 0. The molecule has 0 N–H and O–H groups in total. The monoisotopic (exact) mass is 416 g/mol. The Bertz CT molecular complexity index is 373. The van der Waals surface area contributed by atoms with Crippen LogP contribution in [0.2, 0.25) is 0 Å². The van der Waals surface area contributed by atoms with Crippen LogP contribution >= 0.6 is 0 Å². The van der Waals surface area contributed by atoms with E-state index < -0.39 is 0 Å². The fraction of sp³-hybridized carbons (Fsp3) is 0.800. The van der Waals surface area contributed by atoms with Crippen molar-refractivity contribution in [2.75, 3.05) is 0 Å². The number of hydrogen-bond donors (Lipinski definition) is 0. The van der Waals surface area contributed by atoms with Crippen molar-refractivity contribution in [2.45, 2.75) is 155 Å². The molecule has 0 heteroatoms. The minimum absolute atomic E-state index is 1.21. The van der Waals surface area contributed by atoms with Crippen molar-refractivity contribution in [1.29, 1.82) is 0 Å². The summed E-state index contributed by atoms with van der Waals surface area (Å²) in [5.74, 6) is 0. The fourth-order valence-corrected chi connectivity index (χ4v) is 3.96. The summed E-state index contributed by atoms with van der Waals surface area (Å²) in [6, 6.07) is 0. The second kappa shape index (κ2) is 28.2. The quantitative estimate of drug-likeness (QED) is 0.108. The van der Waals surface area contributed by atoms with E-state index in [-0.39, 0.29) is 0 Å². The lowest BCUT2D eigenvalue weighted by Gasteiger charge is -2.03. The van der Waals surface area contributed by atoms with Gasteiger partial charge in [0.1, 0.15) is 0 Å². The van der Waals surface area contributed by atoms with Crippen molar-refractivity contribution < 1.29 is 0 Å². The molecule has 0 saturated heterocycles. The Kier molecular flexibility index (Phi) is 27.5. The molecule has 0 nitrogen and oxygen atoms in total. The van der Waals surface area contributed by atoms with Crippen LogP contribution in [0.25, 0.3) is 0 Å². The predicted molar refractivity (Wildman–Crippen MR) is 140 cm³/mol. The molecule has 0 aliphatic rings. The Morgan fingerprint density at radius 2 is 0.600 bits per heavy atom. The van der Waals surface area contributed by atoms with Gasteiger partial charge in [0.15, 0.2) is 0 Å². The highest BCUT2D eigenvalue weighted by atomic mass is 14.0. The molecule has 30 heavy (non-hydrogen) atoms. The molecule has 0 radical (unpaired) electrons. The van der Waals surface area contributed by atoms with Gasteiger partial charge in [-0.15, -0.1) is 0 Å². The highest BCUT2D eigenvalue weighted by Gasteiger charge is 1.94. The lowest BCUT2D eigenvalue weighted by molar-refractivity contribution is 0.525. The summed E-state index contributed by atoms with van der Waals surface area (Å²) in [4.78, 5) is 0. The van der Waals surface area contributed by atoms with Crippen LogP contribution in [-0.4, -0.2) is 0 Å². The van der Waals surface area contributed by atoms with Gasteiger partial charge >= 0.3 is 0 Å². The number of allylic oxidation sites excluding steroid dienone is 6. The topological polar surface area (TPSA) is 0 Å². The average molecular weight is 417 g/mol. The van der Waals surface area contributed by atoms with E-state index in [0.717, 1.165) is 0 Å². The summed E-state index contributed by atoms with van der Waals surface area (Å²) in [7, 11) is 0. The van der Waals surface area contributed by atoms with Crippen molar-refractivity contribution >= 4 is 0 Å².